The van der Waals surface area contributed by atoms with Gasteiger partial charge in [-0.3, -0.25) is 0 Å². The van der Waals surface area contributed by atoms with Crippen LogP contribution in [0.4, 0.5) is 15.3 Å². The van der Waals surface area contributed by atoms with Gasteiger partial charge in [-0.1, -0.05) is 31.5 Å². The van der Waals surface area contributed by atoms with Crippen LogP contribution in [0.2, 0.25) is 0 Å². The van der Waals surface area contributed by atoms with Crippen LogP contribution in [0.3, 0.4) is 0 Å². The summed E-state index contributed by atoms with van der Waals surface area (Å²) in [5.74, 6) is 0.615. The summed E-state index contributed by atoms with van der Waals surface area (Å²) in [4.78, 5) is 27.8. The molecule has 6 nitrogen and oxygen atoms in total. The highest BCUT2D eigenvalue weighted by Gasteiger charge is 2.26. The highest BCUT2D eigenvalue weighted by atomic mass is 16.2. The van der Waals surface area contributed by atoms with Crippen LogP contribution >= 0.6 is 0 Å². The van der Waals surface area contributed by atoms with Crippen LogP contribution in [0, 0.1) is 5.92 Å². The molecule has 0 radical (unpaired) electrons. The summed E-state index contributed by atoms with van der Waals surface area (Å²) in [5, 5.41) is 5.81. The van der Waals surface area contributed by atoms with Crippen LogP contribution < -0.4 is 10.6 Å². The van der Waals surface area contributed by atoms with Gasteiger partial charge in [0.15, 0.2) is 0 Å². The van der Waals surface area contributed by atoms with Gasteiger partial charge in [0.2, 0.25) is 0 Å². The van der Waals surface area contributed by atoms with Crippen LogP contribution in [0.15, 0.2) is 24.3 Å². The minimum absolute atomic E-state index is 0.0423. The van der Waals surface area contributed by atoms with Crippen molar-refractivity contribution in [1.29, 1.82) is 0 Å². The first-order valence-corrected chi connectivity index (χ1v) is 8.34. The first kappa shape index (κ1) is 15.6. The number of anilines is 1. The lowest BCUT2D eigenvalue weighted by Gasteiger charge is -2.20. The van der Waals surface area contributed by atoms with Crippen molar-refractivity contribution in [2.45, 2.75) is 26.3 Å². The summed E-state index contributed by atoms with van der Waals surface area (Å²) < 4.78 is 0. The van der Waals surface area contributed by atoms with Crippen molar-refractivity contribution in [3.63, 3.8) is 0 Å². The molecule has 6 heteroatoms. The second kappa shape index (κ2) is 6.89. The van der Waals surface area contributed by atoms with E-state index in [1.165, 1.54) is 0 Å². The number of likely N-dealkylation sites (tertiary alicyclic amines) is 1. The van der Waals surface area contributed by atoms with Gasteiger partial charge < -0.3 is 20.4 Å². The molecule has 0 bridgehead atoms. The molecule has 2 N–H and O–H groups in total. The van der Waals surface area contributed by atoms with Crippen LogP contribution in [0.5, 0.6) is 0 Å². The third-order valence-corrected chi connectivity index (χ3v) is 4.72. The molecule has 2 saturated heterocycles. The highest BCUT2D eigenvalue weighted by molar-refractivity contribution is 5.90. The molecule has 124 valence electrons. The fraction of sp³-hybridized carbons (Fsp3) is 0.529. The average Bonchev–Trinajstić information content (AvgIpc) is 3.19. The summed E-state index contributed by atoms with van der Waals surface area (Å²) >= 11 is 0. The molecular formula is C17H24N4O2. The van der Waals surface area contributed by atoms with Crippen molar-refractivity contribution in [3.05, 3.63) is 29.8 Å². The van der Waals surface area contributed by atoms with E-state index in [1.807, 2.05) is 29.2 Å². The Balaban J connectivity index is 1.66. The maximum Gasteiger partial charge on any atom is 0.321 e. The van der Waals surface area contributed by atoms with Crippen LogP contribution in [0.1, 0.15) is 25.3 Å². The fourth-order valence-electron chi connectivity index (χ4n) is 3.19. The van der Waals surface area contributed by atoms with E-state index >= 15 is 0 Å². The van der Waals surface area contributed by atoms with Crippen molar-refractivity contribution in [1.82, 2.24) is 15.1 Å². The normalized spacial score (nSPS) is 20.7. The van der Waals surface area contributed by atoms with E-state index in [4.69, 9.17) is 0 Å². The number of rotatable bonds is 4. The lowest BCUT2D eigenvalue weighted by molar-refractivity contribution is 0.215. The SMILES string of the molecule is CCC1CCN(C(=O)Nc2ccccc2CN2CCNC2=O)C1. The molecule has 2 heterocycles. The Labute approximate surface area is 136 Å². The highest BCUT2D eigenvalue weighted by Crippen LogP contribution is 2.22. The van der Waals surface area contributed by atoms with Crippen molar-refractivity contribution in [2.75, 3.05) is 31.5 Å². The smallest absolute Gasteiger partial charge is 0.321 e. The first-order valence-electron chi connectivity index (χ1n) is 8.34. The zero-order valence-corrected chi connectivity index (χ0v) is 13.5. The van der Waals surface area contributed by atoms with E-state index in [1.54, 1.807) is 4.90 Å². The molecule has 3 rings (SSSR count). The summed E-state index contributed by atoms with van der Waals surface area (Å²) in [7, 11) is 0. The van der Waals surface area contributed by atoms with E-state index in [-0.39, 0.29) is 12.1 Å². The van der Waals surface area contributed by atoms with Crippen LogP contribution in [-0.2, 0) is 6.54 Å². The Morgan fingerprint density at radius 2 is 2.17 bits per heavy atom. The van der Waals surface area contributed by atoms with Gasteiger partial charge in [-0.2, -0.15) is 0 Å². The lowest BCUT2D eigenvalue weighted by atomic mass is 10.1. The number of benzene rings is 1. The third-order valence-electron chi connectivity index (χ3n) is 4.72. The second-order valence-electron chi connectivity index (χ2n) is 6.25. The number of carbonyl (C=O) groups is 2. The van der Waals surface area contributed by atoms with E-state index in [0.717, 1.165) is 37.2 Å². The fourth-order valence-corrected chi connectivity index (χ4v) is 3.19. The van der Waals surface area contributed by atoms with Crippen molar-refractivity contribution < 1.29 is 9.59 Å². The van der Waals surface area contributed by atoms with Gasteiger partial charge in [0.25, 0.3) is 0 Å². The number of para-hydroxylation sites is 1. The first-order chi connectivity index (χ1) is 11.2. The second-order valence-corrected chi connectivity index (χ2v) is 6.25. The van der Waals surface area contributed by atoms with Gasteiger partial charge in [-0.15, -0.1) is 0 Å². The molecule has 2 fully saturated rings. The van der Waals surface area contributed by atoms with Crippen LogP contribution in [-0.4, -0.2) is 48.0 Å². The molecule has 2 aliphatic heterocycles. The molecule has 1 atom stereocenters. The maximum absolute atomic E-state index is 12.5. The molecule has 1 unspecified atom stereocenters. The molecule has 23 heavy (non-hydrogen) atoms. The third kappa shape index (κ3) is 3.57. The van der Waals surface area contributed by atoms with E-state index in [2.05, 4.69) is 17.6 Å². The summed E-state index contributed by atoms with van der Waals surface area (Å²) in [6.07, 6.45) is 2.20. The lowest BCUT2D eigenvalue weighted by Crippen LogP contribution is -2.33. The van der Waals surface area contributed by atoms with Crippen molar-refractivity contribution in [2.24, 2.45) is 5.92 Å². The largest absolute Gasteiger partial charge is 0.336 e. The number of carbonyl (C=O) groups excluding carboxylic acids is 2. The quantitative estimate of drug-likeness (QED) is 0.896. The number of nitrogens with one attached hydrogen (secondary N) is 2. The van der Waals surface area contributed by atoms with Crippen molar-refractivity contribution >= 4 is 17.7 Å². The average molecular weight is 316 g/mol. The summed E-state index contributed by atoms with van der Waals surface area (Å²) in [6, 6.07) is 7.61. The number of amides is 4. The Hall–Kier alpha value is -2.24. The number of hydrogen-bond donors (Lipinski definition) is 2. The standard InChI is InChI=1S/C17H24N4O2/c1-2-13-7-9-20(11-13)17(23)19-15-6-4-3-5-14(15)12-21-10-8-18-16(21)22/h3-6,13H,2,7-12H2,1H3,(H,18,22)(H,19,23). The molecular weight excluding hydrogens is 292 g/mol. The minimum Gasteiger partial charge on any atom is -0.336 e. The monoisotopic (exact) mass is 316 g/mol. The molecule has 4 amide bonds. The van der Waals surface area contributed by atoms with E-state index in [9.17, 15) is 9.59 Å². The summed E-state index contributed by atoms with van der Waals surface area (Å²) in [5.41, 5.74) is 1.75. The Morgan fingerprint density at radius 1 is 1.35 bits per heavy atom. The number of nitrogens with zero attached hydrogens (tertiary/aromatic N) is 2. The van der Waals surface area contributed by atoms with E-state index < -0.39 is 0 Å². The van der Waals surface area contributed by atoms with Gasteiger partial charge in [-0.25, -0.2) is 9.59 Å². The Bertz CT molecular complexity index is 590. The van der Waals surface area contributed by atoms with Gasteiger partial charge in [-0.05, 0) is 24.0 Å². The number of hydrogen-bond acceptors (Lipinski definition) is 2. The number of urea groups is 2. The van der Waals surface area contributed by atoms with Gasteiger partial charge in [0.05, 0.1) is 0 Å². The van der Waals surface area contributed by atoms with Gasteiger partial charge in [0.1, 0.15) is 0 Å². The predicted molar refractivity (Wildman–Crippen MR) is 89.2 cm³/mol. The van der Waals surface area contributed by atoms with Crippen molar-refractivity contribution in [3.8, 4) is 0 Å². The molecule has 0 saturated carbocycles. The molecule has 0 aliphatic carbocycles. The van der Waals surface area contributed by atoms with Gasteiger partial charge >= 0.3 is 12.1 Å². The Morgan fingerprint density at radius 3 is 2.87 bits per heavy atom. The molecule has 1 aromatic rings. The topological polar surface area (TPSA) is 64.7 Å². The van der Waals surface area contributed by atoms with E-state index in [0.29, 0.717) is 25.6 Å². The molecule has 0 aromatic heterocycles. The minimum atomic E-state index is -0.0449. The molecule has 0 spiro atoms. The van der Waals surface area contributed by atoms with Crippen LogP contribution in [0.25, 0.3) is 0 Å². The summed E-state index contributed by atoms with van der Waals surface area (Å²) in [6.45, 7) is 5.72. The zero-order valence-electron chi connectivity index (χ0n) is 13.5. The zero-order chi connectivity index (χ0) is 16.2. The predicted octanol–water partition coefficient (Wildman–Crippen LogP) is 2.48. The molecule has 2 aliphatic rings. The van der Waals surface area contributed by atoms with Gasteiger partial charge in [0, 0.05) is 38.4 Å². The maximum atomic E-state index is 12.5. The Kier molecular flexibility index (Phi) is 4.69. The molecule has 1 aromatic carbocycles.